The van der Waals surface area contributed by atoms with Crippen molar-refractivity contribution in [2.24, 2.45) is 5.92 Å². The number of ether oxygens (including phenoxy) is 1. The first kappa shape index (κ1) is 23.0. The summed E-state index contributed by atoms with van der Waals surface area (Å²) in [6.07, 6.45) is 5.65. The summed E-state index contributed by atoms with van der Waals surface area (Å²) in [5, 5.41) is 2.95. The molecule has 0 radical (unpaired) electrons. The summed E-state index contributed by atoms with van der Waals surface area (Å²) in [4.78, 5) is 56.1. The molecular formula is C23H36N4O5. The van der Waals surface area contributed by atoms with Crippen molar-refractivity contribution in [3.63, 3.8) is 0 Å². The van der Waals surface area contributed by atoms with Crippen LogP contribution < -0.4 is 5.32 Å². The molecule has 0 aromatic carbocycles. The molecule has 0 aliphatic carbocycles. The molecule has 5 amide bonds. The zero-order valence-electron chi connectivity index (χ0n) is 19.3. The third kappa shape index (κ3) is 4.49. The fourth-order valence-corrected chi connectivity index (χ4v) is 5.45. The maximum absolute atomic E-state index is 13.3. The van der Waals surface area contributed by atoms with Crippen LogP contribution in [0.4, 0.5) is 4.79 Å². The highest BCUT2D eigenvalue weighted by atomic mass is 16.5. The maximum atomic E-state index is 13.3. The van der Waals surface area contributed by atoms with E-state index in [-0.39, 0.29) is 41.8 Å². The molecule has 1 unspecified atom stereocenters. The first-order valence-corrected chi connectivity index (χ1v) is 12.1. The van der Waals surface area contributed by atoms with Gasteiger partial charge in [0.1, 0.15) is 5.54 Å². The predicted molar refractivity (Wildman–Crippen MR) is 117 cm³/mol. The van der Waals surface area contributed by atoms with Crippen molar-refractivity contribution in [3.05, 3.63) is 0 Å². The fraction of sp³-hybridized carbons (Fsp3) is 0.826. The van der Waals surface area contributed by atoms with Crippen molar-refractivity contribution >= 4 is 23.8 Å². The van der Waals surface area contributed by atoms with Crippen LogP contribution in [0, 0.1) is 5.92 Å². The largest absolute Gasteiger partial charge is 0.378 e. The van der Waals surface area contributed by atoms with Gasteiger partial charge in [-0.25, -0.2) is 4.79 Å². The van der Waals surface area contributed by atoms with E-state index in [0.29, 0.717) is 58.3 Å². The zero-order valence-corrected chi connectivity index (χ0v) is 19.3. The average molecular weight is 449 g/mol. The van der Waals surface area contributed by atoms with Crippen LogP contribution in [-0.2, 0) is 19.1 Å². The van der Waals surface area contributed by atoms with Crippen LogP contribution in [0.2, 0.25) is 0 Å². The van der Waals surface area contributed by atoms with E-state index in [1.54, 1.807) is 4.90 Å². The van der Waals surface area contributed by atoms with Crippen LogP contribution >= 0.6 is 0 Å². The first-order valence-electron chi connectivity index (χ1n) is 12.1. The molecule has 4 heterocycles. The minimum absolute atomic E-state index is 0.0215. The van der Waals surface area contributed by atoms with Gasteiger partial charge in [0.05, 0.1) is 12.5 Å². The molecule has 9 heteroatoms. The van der Waals surface area contributed by atoms with Crippen molar-refractivity contribution < 1.29 is 23.9 Å². The van der Waals surface area contributed by atoms with Gasteiger partial charge in [-0.3, -0.25) is 19.3 Å². The number of imide groups is 1. The van der Waals surface area contributed by atoms with Gasteiger partial charge in [0.2, 0.25) is 11.8 Å². The van der Waals surface area contributed by atoms with Gasteiger partial charge < -0.3 is 19.9 Å². The lowest BCUT2D eigenvalue weighted by molar-refractivity contribution is -0.142. The van der Waals surface area contributed by atoms with Gasteiger partial charge in [-0.1, -0.05) is 13.8 Å². The summed E-state index contributed by atoms with van der Waals surface area (Å²) in [6, 6.07) is -0.522. The molecule has 1 spiro atoms. The van der Waals surface area contributed by atoms with Crippen LogP contribution in [0.5, 0.6) is 0 Å². The number of nitrogens with one attached hydrogen (secondary N) is 1. The Morgan fingerprint density at radius 1 is 1.03 bits per heavy atom. The number of nitrogens with zero attached hydrogens (tertiary/aromatic N) is 3. The van der Waals surface area contributed by atoms with Crippen molar-refractivity contribution in [3.8, 4) is 0 Å². The number of likely N-dealkylation sites (tertiary alicyclic amines) is 2. The fourth-order valence-electron chi connectivity index (χ4n) is 5.45. The Balaban J connectivity index is 1.30. The number of carbonyl (C=O) groups excluding carboxylic acids is 4. The lowest BCUT2D eigenvalue weighted by atomic mass is 9.86. The van der Waals surface area contributed by atoms with E-state index in [2.05, 4.69) is 5.32 Å². The third-order valence-corrected chi connectivity index (χ3v) is 7.47. The van der Waals surface area contributed by atoms with E-state index < -0.39 is 5.54 Å². The van der Waals surface area contributed by atoms with Gasteiger partial charge >= 0.3 is 6.03 Å². The van der Waals surface area contributed by atoms with Gasteiger partial charge in [-0.2, -0.15) is 0 Å². The van der Waals surface area contributed by atoms with E-state index in [1.165, 1.54) is 4.90 Å². The topological polar surface area (TPSA) is 99.3 Å². The maximum Gasteiger partial charge on any atom is 0.325 e. The van der Waals surface area contributed by atoms with Crippen molar-refractivity contribution in [2.45, 2.75) is 82.9 Å². The molecule has 4 saturated heterocycles. The number of urea groups is 1. The smallest absolute Gasteiger partial charge is 0.325 e. The Bertz CT molecular complexity index is 747. The quantitative estimate of drug-likeness (QED) is 0.657. The van der Waals surface area contributed by atoms with Gasteiger partial charge in [0.25, 0.3) is 5.91 Å². The van der Waals surface area contributed by atoms with Crippen molar-refractivity contribution in [1.82, 2.24) is 20.0 Å². The van der Waals surface area contributed by atoms with E-state index >= 15 is 0 Å². The average Bonchev–Trinajstić information content (AvgIpc) is 3.03. The highest BCUT2D eigenvalue weighted by Crippen LogP contribution is 2.33. The summed E-state index contributed by atoms with van der Waals surface area (Å²) in [6.45, 7) is 6.54. The second kappa shape index (κ2) is 9.37. The molecule has 0 aromatic rings. The molecule has 1 N–H and O–H groups in total. The molecule has 4 rings (SSSR count). The van der Waals surface area contributed by atoms with Crippen molar-refractivity contribution in [2.75, 3.05) is 32.8 Å². The Morgan fingerprint density at radius 2 is 1.72 bits per heavy atom. The molecule has 9 nitrogen and oxygen atoms in total. The number of amides is 5. The first-order chi connectivity index (χ1) is 15.3. The summed E-state index contributed by atoms with van der Waals surface area (Å²) in [5.74, 6) is -0.0538. The number of carbonyl (C=O) groups is 4. The Labute approximate surface area is 189 Å². The van der Waals surface area contributed by atoms with E-state index in [4.69, 9.17) is 4.74 Å². The lowest BCUT2D eigenvalue weighted by Gasteiger charge is -2.39. The second-order valence-corrected chi connectivity index (χ2v) is 9.97. The number of rotatable bonds is 4. The van der Waals surface area contributed by atoms with Crippen molar-refractivity contribution in [1.29, 1.82) is 0 Å². The normalized spacial score (nSPS) is 26.7. The standard InChI is InChI=1S/C23H36N4O5/c1-16(2)20(29)26-12-8-23(9-13-26)21(30)27(22(31)24-23)17-6-10-25(11-7-17)19(28)15-18-5-3-4-14-32-18/h16-18H,3-15H2,1-2H3,(H,24,31). The Morgan fingerprint density at radius 3 is 2.31 bits per heavy atom. The van der Waals surface area contributed by atoms with Crippen LogP contribution in [0.1, 0.15) is 65.2 Å². The highest BCUT2D eigenvalue weighted by molar-refractivity contribution is 6.07. The number of hydrogen-bond acceptors (Lipinski definition) is 5. The Hall–Kier alpha value is -2.16. The predicted octanol–water partition coefficient (Wildman–Crippen LogP) is 1.51. The third-order valence-electron chi connectivity index (χ3n) is 7.47. The number of piperidine rings is 2. The van der Waals surface area contributed by atoms with Crippen LogP contribution in [0.3, 0.4) is 0 Å². The summed E-state index contributed by atoms with van der Waals surface area (Å²) in [7, 11) is 0. The van der Waals surface area contributed by atoms with Gasteiger partial charge in [-0.05, 0) is 44.9 Å². The zero-order chi connectivity index (χ0) is 22.9. The van der Waals surface area contributed by atoms with E-state index in [1.807, 2.05) is 18.7 Å². The highest BCUT2D eigenvalue weighted by Gasteiger charge is 2.54. The molecule has 32 heavy (non-hydrogen) atoms. The SMILES string of the molecule is CC(C)C(=O)N1CCC2(CC1)NC(=O)N(C1CCN(C(=O)CC3CCCCO3)CC1)C2=O. The Kier molecular flexibility index (Phi) is 6.74. The molecule has 1 atom stereocenters. The number of hydrogen-bond donors (Lipinski definition) is 1. The summed E-state index contributed by atoms with van der Waals surface area (Å²) < 4.78 is 5.69. The molecular weight excluding hydrogens is 412 g/mol. The van der Waals surface area contributed by atoms with Crippen LogP contribution in [0.25, 0.3) is 0 Å². The van der Waals surface area contributed by atoms with Gasteiger partial charge in [0, 0.05) is 44.7 Å². The molecule has 0 bridgehead atoms. The molecule has 4 fully saturated rings. The lowest BCUT2D eigenvalue weighted by Crippen LogP contribution is -2.57. The molecule has 4 aliphatic heterocycles. The van der Waals surface area contributed by atoms with Crippen LogP contribution in [-0.4, -0.2) is 88.9 Å². The van der Waals surface area contributed by atoms with Gasteiger partial charge in [0.15, 0.2) is 0 Å². The molecule has 0 aromatic heterocycles. The summed E-state index contributed by atoms with van der Waals surface area (Å²) >= 11 is 0. The minimum atomic E-state index is -0.893. The van der Waals surface area contributed by atoms with Gasteiger partial charge in [-0.15, -0.1) is 0 Å². The van der Waals surface area contributed by atoms with Crippen LogP contribution in [0.15, 0.2) is 0 Å². The second-order valence-electron chi connectivity index (χ2n) is 9.97. The van der Waals surface area contributed by atoms with E-state index in [0.717, 1.165) is 25.9 Å². The monoisotopic (exact) mass is 448 g/mol. The molecule has 0 saturated carbocycles. The molecule has 178 valence electrons. The summed E-state index contributed by atoms with van der Waals surface area (Å²) in [5.41, 5.74) is -0.893. The minimum Gasteiger partial charge on any atom is -0.378 e. The van der Waals surface area contributed by atoms with E-state index in [9.17, 15) is 19.2 Å². The molecule has 4 aliphatic rings.